The third-order valence-electron chi connectivity index (χ3n) is 5.28. The Bertz CT molecular complexity index is 892. The molecule has 0 aliphatic carbocycles. The maximum absolute atomic E-state index is 12.0. The average molecular weight is 353 g/mol. The lowest BCUT2D eigenvalue weighted by atomic mass is 9.91. The summed E-state index contributed by atoms with van der Waals surface area (Å²) in [5.74, 6) is -1.03. The summed E-state index contributed by atoms with van der Waals surface area (Å²) in [5, 5.41) is 1.55. The van der Waals surface area contributed by atoms with Gasteiger partial charge in [-0.25, -0.2) is 9.59 Å². The number of methoxy groups -OCH3 is 1. The molecule has 2 aliphatic rings. The van der Waals surface area contributed by atoms with Crippen molar-refractivity contribution in [2.45, 2.75) is 19.3 Å². The van der Waals surface area contributed by atoms with E-state index >= 15 is 0 Å². The second-order valence-corrected chi connectivity index (χ2v) is 6.75. The molecule has 0 aromatic heterocycles. The summed E-state index contributed by atoms with van der Waals surface area (Å²) in [6.45, 7) is 1.64. The highest BCUT2D eigenvalue weighted by Crippen LogP contribution is 2.36. The molecule has 26 heavy (non-hydrogen) atoms. The highest BCUT2D eigenvalue weighted by Gasteiger charge is 2.29. The normalized spacial score (nSPS) is 17.3. The summed E-state index contributed by atoms with van der Waals surface area (Å²) in [6.07, 6.45) is 2.26. The fourth-order valence-corrected chi connectivity index (χ4v) is 3.90. The smallest absolute Gasteiger partial charge is 0.346 e. The molecule has 0 spiro atoms. The monoisotopic (exact) mass is 353 g/mol. The van der Waals surface area contributed by atoms with Crippen molar-refractivity contribution in [1.29, 1.82) is 0 Å². The molecular weight excluding hydrogens is 334 g/mol. The number of hydrogen-bond donors (Lipinski definition) is 0. The molecule has 2 heterocycles. The molecule has 0 amide bonds. The average Bonchev–Trinajstić information content (AvgIpc) is 2.66. The molecule has 0 radical (unpaired) electrons. The van der Waals surface area contributed by atoms with Gasteiger partial charge in [-0.2, -0.15) is 0 Å². The minimum atomic E-state index is -0.595. The number of carbonyl (C=O) groups excluding carboxylic acids is 3. The minimum absolute atomic E-state index is 0.165. The molecule has 0 bridgehead atoms. The van der Waals surface area contributed by atoms with E-state index in [1.54, 1.807) is 12.1 Å². The number of hydrogen-bond acceptors (Lipinski definition) is 6. The number of nitrogens with zero attached hydrogens (tertiary/aromatic N) is 1. The van der Waals surface area contributed by atoms with Crippen LogP contribution in [0.15, 0.2) is 30.3 Å². The van der Waals surface area contributed by atoms with Crippen molar-refractivity contribution in [3.8, 4) is 0 Å². The Morgan fingerprint density at radius 2 is 1.81 bits per heavy atom. The standard InChI is InChI=1S/C20H19NO5/c1-25-17(22)11-12-7-9-21(10-8-12)16-6-5-15-18-13(16)3-2-4-14(18)19(23)26-20(15)24/h2-6,12H,7-11H2,1H3. The van der Waals surface area contributed by atoms with Gasteiger partial charge in [-0.3, -0.25) is 4.79 Å². The first kappa shape index (κ1) is 16.6. The van der Waals surface area contributed by atoms with Crippen LogP contribution in [-0.2, 0) is 14.3 Å². The van der Waals surface area contributed by atoms with Crippen molar-refractivity contribution in [3.63, 3.8) is 0 Å². The maximum atomic E-state index is 12.0. The van der Waals surface area contributed by atoms with Crippen LogP contribution in [0.4, 0.5) is 5.69 Å². The van der Waals surface area contributed by atoms with Gasteiger partial charge in [0.15, 0.2) is 0 Å². The van der Waals surface area contributed by atoms with Crippen molar-refractivity contribution in [3.05, 3.63) is 41.5 Å². The third kappa shape index (κ3) is 2.71. The first-order valence-electron chi connectivity index (χ1n) is 8.72. The molecule has 6 nitrogen and oxygen atoms in total. The number of esters is 3. The van der Waals surface area contributed by atoms with Gasteiger partial charge < -0.3 is 14.4 Å². The number of piperidine rings is 1. The predicted molar refractivity (Wildman–Crippen MR) is 95.3 cm³/mol. The first-order valence-corrected chi connectivity index (χ1v) is 8.72. The van der Waals surface area contributed by atoms with Crippen LogP contribution in [0.25, 0.3) is 10.8 Å². The lowest BCUT2D eigenvalue weighted by Crippen LogP contribution is -2.34. The molecule has 0 N–H and O–H groups in total. The van der Waals surface area contributed by atoms with Crippen molar-refractivity contribution < 1.29 is 23.9 Å². The number of cyclic esters (lactones) is 2. The van der Waals surface area contributed by atoms with Crippen molar-refractivity contribution in [2.24, 2.45) is 5.92 Å². The van der Waals surface area contributed by atoms with E-state index in [0.717, 1.165) is 37.0 Å². The fraction of sp³-hybridized carbons (Fsp3) is 0.350. The van der Waals surface area contributed by atoms with Gasteiger partial charge >= 0.3 is 17.9 Å². The van der Waals surface area contributed by atoms with Crippen molar-refractivity contribution >= 4 is 34.4 Å². The second-order valence-electron chi connectivity index (χ2n) is 6.75. The lowest BCUT2D eigenvalue weighted by molar-refractivity contribution is -0.141. The Balaban J connectivity index is 1.65. The Morgan fingerprint density at radius 3 is 2.50 bits per heavy atom. The molecule has 134 valence electrons. The third-order valence-corrected chi connectivity index (χ3v) is 5.28. The highest BCUT2D eigenvalue weighted by molar-refractivity contribution is 6.22. The highest BCUT2D eigenvalue weighted by atomic mass is 16.6. The van der Waals surface area contributed by atoms with E-state index in [0.29, 0.717) is 28.9 Å². The van der Waals surface area contributed by atoms with Crippen LogP contribution in [0.1, 0.15) is 40.0 Å². The quantitative estimate of drug-likeness (QED) is 0.624. The van der Waals surface area contributed by atoms with Crippen molar-refractivity contribution in [2.75, 3.05) is 25.1 Å². The predicted octanol–water partition coefficient (Wildman–Crippen LogP) is 2.93. The molecular formula is C20H19NO5. The van der Waals surface area contributed by atoms with E-state index in [9.17, 15) is 14.4 Å². The molecule has 2 aromatic carbocycles. The Kier molecular flexibility index (Phi) is 4.11. The molecule has 2 aromatic rings. The van der Waals surface area contributed by atoms with Crippen molar-refractivity contribution in [1.82, 2.24) is 0 Å². The van der Waals surface area contributed by atoms with E-state index in [2.05, 4.69) is 4.90 Å². The van der Waals surface area contributed by atoms with Crippen LogP contribution in [0.5, 0.6) is 0 Å². The Morgan fingerprint density at radius 1 is 1.12 bits per heavy atom. The molecule has 4 rings (SSSR count). The molecule has 1 fully saturated rings. The van der Waals surface area contributed by atoms with E-state index in [1.807, 2.05) is 18.2 Å². The zero-order valence-corrected chi connectivity index (χ0v) is 14.5. The number of anilines is 1. The van der Waals surface area contributed by atoms with Crippen LogP contribution in [0, 0.1) is 5.92 Å². The topological polar surface area (TPSA) is 72.9 Å². The summed E-state index contributed by atoms with van der Waals surface area (Å²) in [7, 11) is 1.42. The number of benzene rings is 2. The summed E-state index contributed by atoms with van der Waals surface area (Å²) in [4.78, 5) is 37.8. The largest absolute Gasteiger partial charge is 0.469 e. The van der Waals surface area contributed by atoms with Gasteiger partial charge in [-0.1, -0.05) is 12.1 Å². The van der Waals surface area contributed by atoms with Gasteiger partial charge in [0.2, 0.25) is 0 Å². The lowest BCUT2D eigenvalue weighted by Gasteiger charge is -2.34. The summed E-state index contributed by atoms with van der Waals surface area (Å²) < 4.78 is 9.57. The van der Waals surface area contributed by atoms with Gasteiger partial charge in [-0.05, 0) is 37.0 Å². The molecule has 0 atom stereocenters. The van der Waals surface area contributed by atoms with Gasteiger partial charge in [0.1, 0.15) is 0 Å². The van der Waals surface area contributed by atoms with Gasteiger partial charge in [-0.15, -0.1) is 0 Å². The molecule has 0 saturated carbocycles. The SMILES string of the molecule is COC(=O)CC1CCN(c2ccc3c4c(cccc24)C(=O)OC3=O)CC1. The van der Waals surface area contributed by atoms with Crippen LogP contribution in [-0.4, -0.2) is 38.1 Å². The maximum Gasteiger partial charge on any atom is 0.346 e. The molecule has 0 unspecified atom stereocenters. The van der Waals surface area contributed by atoms with E-state index in [1.165, 1.54) is 7.11 Å². The molecule has 6 heteroatoms. The number of ether oxygens (including phenoxy) is 2. The summed E-state index contributed by atoms with van der Waals surface area (Å²) in [6, 6.07) is 9.08. The van der Waals surface area contributed by atoms with E-state index in [-0.39, 0.29) is 5.97 Å². The van der Waals surface area contributed by atoms with Gasteiger partial charge in [0.05, 0.1) is 18.2 Å². The zero-order chi connectivity index (χ0) is 18.3. The summed E-state index contributed by atoms with van der Waals surface area (Å²) >= 11 is 0. The Hall–Kier alpha value is -2.89. The van der Waals surface area contributed by atoms with Crippen LogP contribution in [0.3, 0.4) is 0 Å². The van der Waals surface area contributed by atoms with E-state index < -0.39 is 11.9 Å². The van der Waals surface area contributed by atoms with Crippen LogP contribution in [0.2, 0.25) is 0 Å². The molecule has 2 aliphatic heterocycles. The van der Waals surface area contributed by atoms with Gasteiger partial charge in [0.25, 0.3) is 0 Å². The van der Waals surface area contributed by atoms with E-state index in [4.69, 9.17) is 9.47 Å². The van der Waals surface area contributed by atoms with Crippen LogP contribution < -0.4 is 4.90 Å². The molecule has 1 saturated heterocycles. The van der Waals surface area contributed by atoms with Crippen LogP contribution >= 0.6 is 0 Å². The fourth-order valence-electron chi connectivity index (χ4n) is 3.90. The minimum Gasteiger partial charge on any atom is -0.469 e. The van der Waals surface area contributed by atoms with Gasteiger partial charge in [0, 0.05) is 36.0 Å². The zero-order valence-electron chi connectivity index (χ0n) is 14.5. The second kappa shape index (κ2) is 6.44. The number of rotatable bonds is 3. The first-order chi connectivity index (χ1) is 12.6. The number of carbonyl (C=O) groups is 3. The summed E-state index contributed by atoms with van der Waals surface area (Å²) in [5.41, 5.74) is 1.86. The Labute approximate surface area is 150 Å².